The van der Waals surface area contributed by atoms with Crippen molar-refractivity contribution in [3.63, 3.8) is 0 Å². The number of carbonyl (C=O) groups excluding carboxylic acids is 1. The van der Waals surface area contributed by atoms with Crippen LogP contribution in [0.5, 0.6) is 0 Å². The molecule has 112 valence electrons. The van der Waals surface area contributed by atoms with Gasteiger partial charge in [-0.05, 0) is 25.8 Å². The molecule has 8 heteroatoms. The van der Waals surface area contributed by atoms with Gasteiger partial charge in [-0.3, -0.25) is 9.89 Å². The zero-order valence-electron chi connectivity index (χ0n) is 11.7. The lowest BCUT2D eigenvalue weighted by Crippen LogP contribution is -2.49. The van der Waals surface area contributed by atoms with E-state index in [-0.39, 0.29) is 11.8 Å². The van der Waals surface area contributed by atoms with Crippen molar-refractivity contribution < 1.29 is 13.2 Å². The van der Waals surface area contributed by atoms with Gasteiger partial charge in [0.1, 0.15) is 0 Å². The average molecular weight is 300 g/mol. The van der Waals surface area contributed by atoms with Gasteiger partial charge in [-0.15, -0.1) is 0 Å². The standard InChI is InChI=1S/C12H20N4O3S/c1-9(15-20(2,18)19)12(17)16-7-3-4-10(8-16)11-5-6-13-14-11/h5-6,9-10,15H,3-4,7-8H2,1-2H3,(H,13,14)/t9-,10+/m1/s1. The molecule has 1 aliphatic heterocycles. The highest BCUT2D eigenvalue weighted by atomic mass is 32.2. The molecule has 2 atom stereocenters. The van der Waals surface area contributed by atoms with Gasteiger partial charge in [0, 0.05) is 30.9 Å². The Morgan fingerprint density at radius 1 is 1.60 bits per heavy atom. The minimum atomic E-state index is -3.38. The second-order valence-electron chi connectivity index (χ2n) is 5.25. The van der Waals surface area contributed by atoms with E-state index in [1.165, 1.54) is 0 Å². The molecule has 0 saturated carbocycles. The SMILES string of the molecule is C[C@@H](NS(C)(=O)=O)C(=O)N1CCC[C@H](c2ccn[nH]2)C1. The topological polar surface area (TPSA) is 95.2 Å². The molecule has 1 aromatic rings. The number of aromatic amines is 1. The monoisotopic (exact) mass is 300 g/mol. The number of sulfonamides is 1. The summed E-state index contributed by atoms with van der Waals surface area (Å²) in [6, 6.07) is 1.18. The Kier molecular flexibility index (Phi) is 4.44. The van der Waals surface area contributed by atoms with Crippen molar-refractivity contribution in [1.29, 1.82) is 0 Å². The Bertz CT molecular complexity index is 555. The van der Waals surface area contributed by atoms with Gasteiger partial charge in [0.2, 0.25) is 15.9 Å². The van der Waals surface area contributed by atoms with Gasteiger partial charge in [0.25, 0.3) is 0 Å². The molecule has 0 radical (unpaired) electrons. The number of hydrogen-bond acceptors (Lipinski definition) is 4. The van der Waals surface area contributed by atoms with Crippen molar-refractivity contribution in [1.82, 2.24) is 19.8 Å². The maximum absolute atomic E-state index is 12.3. The zero-order chi connectivity index (χ0) is 14.8. The predicted octanol–water partition coefficient (Wildman–Crippen LogP) is 0.0534. The maximum Gasteiger partial charge on any atom is 0.240 e. The molecule has 2 N–H and O–H groups in total. The van der Waals surface area contributed by atoms with Crippen LogP contribution in [0.2, 0.25) is 0 Å². The Labute approximate surface area is 118 Å². The molecule has 0 aliphatic carbocycles. The first-order valence-electron chi connectivity index (χ1n) is 6.62. The van der Waals surface area contributed by atoms with Gasteiger partial charge < -0.3 is 4.90 Å². The van der Waals surface area contributed by atoms with Gasteiger partial charge in [-0.1, -0.05) is 0 Å². The molecule has 1 aliphatic rings. The van der Waals surface area contributed by atoms with E-state index >= 15 is 0 Å². The normalized spacial score (nSPS) is 21.7. The van der Waals surface area contributed by atoms with Crippen LogP contribution in [0, 0.1) is 0 Å². The number of nitrogens with one attached hydrogen (secondary N) is 2. The van der Waals surface area contributed by atoms with Crippen LogP contribution in [-0.4, -0.2) is 54.8 Å². The third kappa shape index (κ3) is 3.80. The summed E-state index contributed by atoms with van der Waals surface area (Å²) in [5.74, 6) is 0.0558. The van der Waals surface area contributed by atoms with Gasteiger partial charge in [0.15, 0.2) is 0 Å². The third-order valence-electron chi connectivity index (χ3n) is 3.46. The first-order chi connectivity index (χ1) is 9.37. The van der Waals surface area contributed by atoms with E-state index < -0.39 is 16.1 Å². The number of amides is 1. The van der Waals surface area contributed by atoms with Crippen molar-refractivity contribution in [3.05, 3.63) is 18.0 Å². The molecule has 0 spiro atoms. The third-order valence-corrected chi connectivity index (χ3v) is 4.24. The first-order valence-corrected chi connectivity index (χ1v) is 8.51. The first kappa shape index (κ1) is 15.0. The Hall–Kier alpha value is -1.41. The molecule has 0 unspecified atom stereocenters. The summed E-state index contributed by atoms with van der Waals surface area (Å²) in [6.07, 6.45) is 4.66. The summed E-state index contributed by atoms with van der Waals surface area (Å²) < 4.78 is 24.7. The van der Waals surface area contributed by atoms with Crippen LogP contribution in [-0.2, 0) is 14.8 Å². The molecular formula is C12H20N4O3S. The molecule has 0 aromatic carbocycles. The van der Waals surface area contributed by atoms with Crippen molar-refractivity contribution in [2.45, 2.75) is 31.7 Å². The van der Waals surface area contributed by atoms with E-state index in [1.54, 1.807) is 18.0 Å². The summed E-state index contributed by atoms with van der Waals surface area (Å²) in [6.45, 7) is 2.83. The molecule has 0 bridgehead atoms. The van der Waals surface area contributed by atoms with Crippen LogP contribution in [0.25, 0.3) is 0 Å². The van der Waals surface area contributed by atoms with Crippen molar-refractivity contribution in [2.24, 2.45) is 0 Å². The molecule has 2 heterocycles. The maximum atomic E-state index is 12.3. The van der Waals surface area contributed by atoms with Crippen LogP contribution in [0.15, 0.2) is 12.3 Å². The van der Waals surface area contributed by atoms with Crippen molar-refractivity contribution in [2.75, 3.05) is 19.3 Å². The van der Waals surface area contributed by atoms with E-state index in [0.29, 0.717) is 13.1 Å². The van der Waals surface area contributed by atoms with Gasteiger partial charge in [0.05, 0.1) is 12.3 Å². The number of nitrogens with zero attached hydrogens (tertiary/aromatic N) is 2. The summed E-state index contributed by atoms with van der Waals surface area (Å²) in [5, 5.41) is 6.87. The summed E-state index contributed by atoms with van der Waals surface area (Å²) in [7, 11) is -3.38. The molecule has 20 heavy (non-hydrogen) atoms. The predicted molar refractivity (Wildman–Crippen MR) is 74.6 cm³/mol. The number of H-pyrrole nitrogens is 1. The van der Waals surface area contributed by atoms with Crippen LogP contribution in [0.3, 0.4) is 0 Å². The molecule has 1 saturated heterocycles. The summed E-state index contributed by atoms with van der Waals surface area (Å²) in [5.41, 5.74) is 1.02. The highest BCUT2D eigenvalue weighted by Crippen LogP contribution is 2.25. The second-order valence-corrected chi connectivity index (χ2v) is 7.03. The smallest absolute Gasteiger partial charge is 0.240 e. The summed E-state index contributed by atoms with van der Waals surface area (Å²) >= 11 is 0. The van der Waals surface area contributed by atoms with Crippen molar-refractivity contribution in [3.8, 4) is 0 Å². The van der Waals surface area contributed by atoms with E-state index in [9.17, 15) is 13.2 Å². The molecule has 2 rings (SSSR count). The van der Waals surface area contributed by atoms with E-state index in [1.807, 2.05) is 6.07 Å². The largest absolute Gasteiger partial charge is 0.341 e. The number of likely N-dealkylation sites (tertiary alicyclic amines) is 1. The van der Waals surface area contributed by atoms with Gasteiger partial charge in [-0.25, -0.2) is 13.1 Å². The lowest BCUT2D eigenvalue weighted by atomic mass is 9.94. The fraction of sp³-hybridized carbons (Fsp3) is 0.667. The van der Waals surface area contributed by atoms with Gasteiger partial charge in [-0.2, -0.15) is 5.10 Å². The summed E-state index contributed by atoms with van der Waals surface area (Å²) in [4.78, 5) is 14.0. The minimum absolute atomic E-state index is 0.181. The van der Waals surface area contributed by atoms with Crippen LogP contribution in [0.4, 0.5) is 0 Å². The van der Waals surface area contributed by atoms with E-state index in [2.05, 4.69) is 14.9 Å². The fourth-order valence-corrected chi connectivity index (χ4v) is 3.31. The Balaban J connectivity index is 2.00. The van der Waals surface area contributed by atoms with Crippen LogP contribution < -0.4 is 4.72 Å². The van der Waals surface area contributed by atoms with E-state index in [4.69, 9.17) is 0 Å². The molecule has 1 aromatic heterocycles. The molecule has 1 amide bonds. The number of hydrogen-bond donors (Lipinski definition) is 2. The lowest BCUT2D eigenvalue weighted by molar-refractivity contribution is -0.133. The highest BCUT2D eigenvalue weighted by Gasteiger charge is 2.29. The van der Waals surface area contributed by atoms with Crippen molar-refractivity contribution >= 4 is 15.9 Å². The van der Waals surface area contributed by atoms with E-state index in [0.717, 1.165) is 24.8 Å². The van der Waals surface area contributed by atoms with Crippen LogP contribution >= 0.6 is 0 Å². The lowest BCUT2D eigenvalue weighted by Gasteiger charge is -2.33. The highest BCUT2D eigenvalue weighted by molar-refractivity contribution is 7.88. The quantitative estimate of drug-likeness (QED) is 0.821. The number of rotatable bonds is 4. The Morgan fingerprint density at radius 2 is 2.35 bits per heavy atom. The fourth-order valence-electron chi connectivity index (χ4n) is 2.57. The van der Waals surface area contributed by atoms with Crippen LogP contribution in [0.1, 0.15) is 31.4 Å². The number of carbonyl (C=O) groups is 1. The number of piperidine rings is 1. The molecule has 7 nitrogen and oxygen atoms in total. The molecular weight excluding hydrogens is 280 g/mol. The molecule has 1 fully saturated rings. The Morgan fingerprint density at radius 3 is 2.95 bits per heavy atom. The zero-order valence-corrected chi connectivity index (χ0v) is 12.5. The number of aromatic nitrogens is 2. The minimum Gasteiger partial charge on any atom is -0.341 e. The second kappa shape index (κ2) is 5.92. The van der Waals surface area contributed by atoms with Gasteiger partial charge >= 0.3 is 0 Å². The average Bonchev–Trinajstić information content (AvgIpc) is 2.90.